The molecule has 1 aromatic carbocycles. The number of nitrogens with one attached hydrogen (secondary N) is 1. The normalized spacial score (nSPS) is 11.1. The SMILES string of the molecule is CCOc1nc(N)cc2c1[nH]c1c([N+](=O)[O-])cccc12. The highest BCUT2D eigenvalue weighted by Crippen LogP contribution is 2.35. The molecule has 2 aromatic heterocycles. The van der Waals surface area contributed by atoms with Gasteiger partial charge in [-0.2, -0.15) is 4.98 Å². The highest BCUT2D eigenvalue weighted by Gasteiger charge is 2.18. The fourth-order valence-corrected chi connectivity index (χ4v) is 2.29. The van der Waals surface area contributed by atoms with Crippen molar-refractivity contribution < 1.29 is 9.66 Å². The number of nitrogens with two attached hydrogens (primary N) is 1. The van der Waals surface area contributed by atoms with Crippen molar-refractivity contribution in [1.82, 2.24) is 9.97 Å². The Morgan fingerprint density at radius 1 is 1.40 bits per heavy atom. The smallest absolute Gasteiger partial charge is 0.293 e. The van der Waals surface area contributed by atoms with Crippen LogP contribution in [0, 0.1) is 10.1 Å². The number of anilines is 1. The average Bonchev–Trinajstić information content (AvgIpc) is 2.77. The van der Waals surface area contributed by atoms with Crippen LogP contribution in [0.5, 0.6) is 5.88 Å². The molecule has 7 nitrogen and oxygen atoms in total. The van der Waals surface area contributed by atoms with Crippen molar-refractivity contribution in [2.24, 2.45) is 0 Å². The van der Waals surface area contributed by atoms with Crippen molar-refractivity contribution in [2.45, 2.75) is 6.92 Å². The molecule has 3 rings (SSSR count). The van der Waals surface area contributed by atoms with E-state index < -0.39 is 4.92 Å². The number of aromatic amines is 1. The molecule has 3 aromatic rings. The molecule has 0 aliphatic carbocycles. The van der Waals surface area contributed by atoms with E-state index in [9.17, 15) is 10.1 Å². The summed E-state index contributed by atoms with van der Waals surface area (Å²) in [7, 11) is 0. The van der Waals surface area contributed by atoms with Crippen molar-refractivity contribution in [3.05, 3.63) is 34.4 Å². The van der Waals surface area contributed by atoms with Gasteiger partial charge in [0.05, 0.1) is 11.5 Å². The van der Waals surface area contributed by atoms with Crippen LogP contribution < -0.4 is 10.5 Å². The second kappa shape index (κ2) is 4.37. The molecule has 0 saturated heterocycles. The number of para-hydroxylation sites is 1. The summed E-state index contributed by atoms with van der Waals surface area (Å²) in [6.45, 7) is 2.27. The minimum Gasteiger partial charge on any atom is -0.476 e. The summed E-state index contributed by atoms with van der Waals surface area (Å²) >= 11 is 0. The van der Waals surface area contributed by atoms with E-state index in [1.807, 2.05) is 6.92 Å². The predicted molar refractivity (Wildman–Crippen MR) is 75.8 cm³/mol. The molecule has 20 heavy (non-hydrogen) atoms. The number of nitro benzene ring substituents is 1. The van der Waals surface area contributed by atoms with E-state index in [-0.39, 0.29) is 5.69 Å². The highest BCUT2D eigenvalue weighted by atomic mass is 16.6. The molecule has 3 N–H and O–H groups in total. The first-order valence-corrected chi connectivity index (χ1v) is 6.10. The Morgan fingerprint density at radius 2 is 2.20 bits per heavy atom. The van der Waals surface area contributed by atoms with Crippen molar-refractivity contribution in [3.8, 4) is 5.88 Å². The molecule has 7 heteroatoms. The number of pyridine rings is 1. The van der Waals surface area contributed by atoms with Gasteiger partial charge in [-0.3, -0.25) is 10.1 Å². The van der Waals surface area contributed by atoms with Crippen LogP contribution in [0.2, 0.25) is 0 Å². The number of nitrogens with zero attached hydrogens (tertiary/aromatic N) is 2. The first kappa shape index (κ1) is 12.2. The van der Waals surface area contributed by atoms with Gasteiger partial charge in [0.2, 0.25) is 5.88 Å². The van der Waals surface area contributed by atoms with Gasteiger partial charge < -0.3 is 15.5 Å². The van der Waals surface area contributed by atoms with Gasteiger partial charge in [0.1, 0.15) is 16.9 Å². The Morgan fingerprint density at radius 3 is 2.90 bits per heavy atom. The monoisotopic (exact) mass is 272 g/mol. The number of nitrogen functional groups attached to an aromatic ring is 1. The van der Waals surface area contributed by atoms with Gasteiger partial charge in [-0.15, -0.1) is 0 Å². The summed E-state index contributed by atoms with van der Waals surface area (Å²) in [6.07, 6.45) is 0. The van der Waals surface area contributed by atoms with Crippen molar-refractivity contribution >= 4 is 33.3 Å². The van der Waals surface area contributed by atoms with Crippen LogP contribution in [0.4, 0.5) is 11.5 Å². The molecule has 0 fully saturated rings. The number of ether oxygens (including phenoxy) is 1. The molecule has 0 spiro atoms. The van der Waals surface area contributed by atoms with Crippen molar-refractivity contribution in [2.75, 3.05) is 12.3 Å². The fraction of sp³-hybridized carbons (Fsp3) is 0.154. The molecular formula is C13H12N4O3. The van der Waals surface area contributed by atoms with Gasteiger partial charge in [0.25, 0.3) is 5.69 Å². The van der Waals surface area contributed by atoms with Gasteiger partial charge in [0, 0.05) is 16.8 Å². The zero-order valence-corrected chi connectivity index (χ0v) is 10.7. The second-order valence-corrected chi connectivity index (χ2v) is 4.29. The lowest BCUT2D eigenvalue weighted by Gasteiger charge is -2.04. The second-order valence-electron chi connectivity index (χ2n) is 4.29. The first-order chi connectivity index (χ1) is 9.61. The fourth-order valence-electron chi connectivity index (χ4n) is 2.29. The molecular weight excluding hydrogens is 260 g/mol. The summed E-state index contributed by atoms with van der Waals surface area (Å²) in [5, 5.41) is 12.6. The maximum atomic E-state index is 11.1. The van der Waals surface area contributed by atoms with Gasteiger partial charge in [-0.1, -0.05) is 12.1 Å². The quantitative estimate of drug-likeness (QED) is 0.563. The minimum absolute atomic E-state index is 0.0136. The predicted octanol–water partition coefficient (Wildman–Crippen LogP) is 2.61. The Labute approximate surface area is 113 Å². The van der Waals surface area contributed by atoms with Crippen LogP contribution in [-0.2, 0) is 0 Å². The summed E-state index contributed by atoms with van der Waals surface area (Å²) in [5.41, 5.74) is 6.84. The van der Waals surface area contributed by atoms with E-state index in [0.29, 0.717) is 29.3 Å². The van der Waals surface area contributed by atoms with Crippen LogP contribution in [-0.4, -0.2) is 21.5 Å². The standard InChI is InChI=1S/C13H12N4O3/c1-2-20-13-12-8(6-10(14)15-13)7-4-3-5-9(17(18)19)11(7)16-12/h3-6,16H,2H2,1H3,(H2,14,15). The van der Waals surface area contributed by atoms with Crippen LogP contribution in [0.25, 0.3) is 21.8 Å². The molecule has 0 aliphatic rings. The van der Waals surface area contributed by atoms with E-state index in [4.69, 9.17) is 10.5 Å². The average molecular weight is 272 g/mol. The zero-order chi connectivity index (χ0) is 14.3. The van der Waals surface area contributed by atoms with Gasteiger partial charge in [0.15, 0.2) is 0 Å². The van der Waals surface area contributed by atoms with Gasteiger partial charge in [-0.25, -0.2) is 0 Å². The Hall–Kier alpha value is -2.83. The summed E-state index contributed by atoms with van der Waals surface area (Å²) in [6, 6.07) is 6.58. The first-order valence-electron chi connectivity index (χ1n) is 6.10. The number of aromatic nitrogens is 2. The number of non-ortho nitro benzene ring substituents is 1. The van der Waals surface area contributed by atoms with Crippen molar-refractivity contribution in [3.63, 3.8) is 0 Å². The number of hydrogen-bond acceptors (Lipinski definition) is 5. The Bertz CT molecular complexity index is 825. The molecule has 102 valence electrons. The highest BCUT2D eigenvalue weighted by molar-refractivity contribution is 6.12. The molecule has 0 saturated carbocycles. The molecule has 0 aliphatic heterocycles. The van der Waals surface area contributed by atoms with E-state index in [2.05, 4.69) is 9.97 Å². The largest absolute Gasteiger partial charge is 0.476 e. The maximum absolute atomic E-state index is 11.1. The van der Waals surface area contributed by atoms with Crippen LogP contribution in [0.3, 0.4) is 0 Å². The van der Waals surface area contributed by atoms with Crippen LogP contribution in [0.1, 0.15) is 6.92 Å². The number of hydrogen-bond donors (Lipinski definition) is 2. The number of fused-ring (bicyclic) bond motifs is 3. The van der Waals surface area contributed by atoms with Crippen LogP contribution >= 0.6 is 0 Å². The third kappa shape index (κ3) is 1.71. The number of H-pyrrole nitrogens is 1. The lowest BCUT2D eigenvalue weighted by molar-refractivity contribution is -0.383. The molecule has 0 atom stereocenters. The summed E-state index contributed by atoms with van der Waals surface area (Å²) < 4.78 is 5.44. The van der Waals surface area contributed by atoms with E-state index in [1.54, 1.807) is 18.2 Å². The van der Waals surface area contributed by atoms with E-state index >= 15 is 0 Å². The lowest BCUT2D eigenvalue weighted by atomic mass is 10.1. The number of rotatable bonds is 3. The number of benzene rings is 1. The molecule has 0 unspecified atom stereocenters. The van der Waals surface area contributed by atoms with Gasteiger partial charge >= 0.3 is 0 Å². The summed E-state index contributed by atoms with van der Waals surface area (Å²) in [4.78, 5) is 17.8. The van der Waals surface area contributed by atoms with Gasteiger partial charge in [-0.05, 0) is 13.0 Å². The Balaban J connectivity index is 2.44. The third-order valence-electron chi connectivity index (χ3n) is 3.07. The zero-order valence-electron chi connectivity index (χ0n) is 10.7. The van der Waals surface area contributed by atoms with E-state index in [1.165, 1.54) is 6.07 Å². The minimum atomic E-state index is -0.422. The maximum Gasteiger partial charge on any atom is 0.293 e. The van der Waals surface area contributed by atoms with E-state index in [0.717, 1.165) is 10.8 Å². The Kier molecular flexibility index (Phi) is 2.67. The lowest BCUT2D eigenvalue weighted by Crippen LogP contribution is -1.98. The number of nitro groups is 1. The topological polar surface area (TPSA) is 107 Å². The molecule has 0 amide bonds. The van der Waals surface area contributed by atoms with Crippen LogP contribution in [0.15, 0.2) is 24.3 Å². The molecule has 0 bridgehead atoms. The molecule has 2 heterocycles. The van der Waals surface area contributed by atoms with Crippen molar-refractivity contribution in [1.29, 1.82) is 0 Å². The summed E-state index contributed by atoms with van der Waals surface area (Å²) in [5.74, 6) is 0.668. The third-order valence-corrected chi connectivity index (χ3v) is 3.07. The molecule has 0 radical (unpaired) electrons.